The summed E-state index contributed by atoms with van der Waals surface area (Å²) in [5.74, 6) is 0.256. The van der Waals surface area contributed by atoms with E-state index in [1.807, 2.05) is 50.4 Å². The second kappa shape index (κ2) is 7.30. The Balaban J connectivity index is 1.52. The number of nitrogens with zero attached hydrogens (tertiary/aromatic N) is 5. The van der Waals surface area contributed by atoms with Crippen LogP contribution in [-0.4, -0.2) is 35.1 Å². The molecule has 0 bridgehead atoms. The summed E-state index contributed by atoms with van der Waals surface area (Å²) in [4.78, 5) is 21.7. The molecule has 0 radical (unpaired) electrons. The van der Waals surface area contributed by atoms with Crippen LogP contribution in [0.15, 0.2) is 61.1 Å². The Kier molecular flexibility index (Phi) is 4.26. The summed E-state index contributed by atoms with van der Waals surface area (Å²) in [6.07, 6.45) is 5.26. The Hall–Kier alpha value is -4.46. The fraction of sp³-hybridized carbons (Fsp3) is 0.0800. The number of rotatable bonds is 3. The average Bonchev–Trinajstić information content (AvgIpc) is 3.42. The van der Waals surface area contributed by atoms with Crippen LogP contribution in [0.1, 0.15) is 11.1 Å². The van der Waals surface area contributed by atoms with Crippen LogP contribution >= 0.6 is 0 Å². The molecule has 6 aromatic rings. The number of hydrogen-bond acceptors (Lipinski definition) is 5. The maximum absolute atomic E-state index is 14.0. The molecule has 0 fully saturated rings. The smallest absolute Gasteiger partial charge is 0.161 e. The van der Waals surface area contributed by atoms with Gasteiger partial charge < -0.3 is 4.98 Å². The third-order valence-electron chi connectivity index (χ3n) is 5.66. The van der Waals surface area contributed by atoms with E-state index in [9.17, 15) is 4.39 Å². The number of imidazole rings is 1. The van der Waals surface area contributed by atoms with Gasteiger partial charge in [-0.25, -0.2) is 14.4 Å². The summed E-state index contributed by atoms with van der Waals surface area (Å²) in [5, 5.41) is 7.50. The first kappa shape index (κ1) is 19.2. The number of benzene rings is 1. The van der Waals surface area contributed by atoms with Crippen molar-refractivity contribution in [3.05, 3.63) is 78.0 Å². The van der Waals surface area contributed by atoms with Gasteiger partial charge in [0.25, 0.3) is 0 Å². The highest BCUT2D eigenvalue weighted by Crippen LogP contribution is 2.31. The second-order valence-electron chi connectivity index (χ2n) is 8.01. The predicted molar refractivity (Wildman–Crippen MR) is 125 cm³/mol. The molecule has 0 aliphatic carbocycles. The first-order valence-electron chi connectivity index (χ1n) is 10.5. The Morgan fingerprint density at radius 3 is 2.58 bits per heavy atom. The Bertz CT molecular complexity index is 1640. The number of pyridine rings is 3. The first-order valence-corrected chi connectivity index (χ1v) is 10.5. The van der Waals surface area contributed by atoms with Gasteiger partial charge in [0.1, 0.15) is 16.9 Å². The third kappa shape index (κ3) is 3.23. The fourth-order valence-electron chi connectivity index (χ4n) is 4.08. The van der Waals surface area contributed by atoms with Gasteiger partial charge in [0.05, 0.1) is 22.4 Å². The van der Waals surface area contributed by atoms with Crippen molar-refractivity contribution in [1.29, 1.82) is 0 Å². The molecular formula is C25H18FN7. The van der Waals surface area contributed by atoms with Crippen molar-refractivity contribution in [2.24, 2.45) is 0 Å². The van der Waals surface area contributed by atoms with E-state index in [1.54, 1.807) is 12.4 Å². The lowest BCUT2D eigenvalue weighted by atomic mass is 10.1. The van der Waals surface area contributed by atoms with Gasteiger partial charge >= 0.3 is 0 Å². The molecule has 5 aromatic heterocycles. The summed E-state index contributed by atoms with van der Waals surface area (Å²) < 4.78 is 14.0. The Labute approximate surface area is 187 Å². The van der Waals surface area contributed by atoms with Gasteiger partial charge in [0.15, 0.2) is 11.5 Å². The highest BCUT2D eigenvalue weighted by atomic mass is 19.1. The van der Waals surface area contributed by atoms with Crippen LogP contribution in [0.25, 0.3) is 56.1 Å². The fourth-order valence-corrected chi connectivity index (χ4v) is 4.08. The molecule has 0 aliphatic heterocycles. The molecule has 5 heterocycles. The van der Waals surface area contributed by atoms with E-state index in [1.165, 1.54) is 12.1 Å². The molecule has 160 valence electrons. The normalized spacial score (nSPS) is 11.5. The van der Waals surface area contributed by atoms with Crippen molar-refractivity contribution in [1.82, 2.24) is 35.1 Å². The van der Waals surface area contributed by atoms with E-state index in [-0.39, 0.29) is 5.82 Å². The number of nitrogens with one attached hydrogen (secondary N) is 2. The number of hydrogen-bond donors (Lipinski definition) is 2. The SMILES string of the molecule is Cc1cc(F)cc(-c2nccc3[nH]c(-c4n[nH]c5ccc(-c6cnccc6C)nc45)nc23)c1. The molecule has 8 heteroatoms. The highest BCUT2D eigenvalue weighted by molar-refractivity contribution is 5.95. The van der Waals surface area contributed by atoms with E-state index in [2.05, 4.69) is 25.1 Å². The summed E-state index contributed by atoms with van der Waals surface area (Å²) in [6, 6.07) is 12.5. The molecule has 0 atom stereocenters. The molecule has 0 unspecified atom stereocenters. The molecule has 6 rings (SSSR count). The maximum Gasteiger partial charge on any atom is 0.161 e. The molecule has 33 heavy (non-hydrogen) atoms. The van der Waals surface area contributed by atoms with Crippen molar-refractivity contribution in [3.63, 3.8) is 0 Å². The van der Waals surface area contributed by atoms with Crippen LogP contribution in [0, 0.1) is 19.7 Å². The van der Waals surface area contributed by atoms with Gasteiger partial charge in [-0.05, 0) is 67.4 Å². The molecule has 0 saturated heterocycles. The van der Waals surface area contributed by atoms with E-state index in [0.29, 0.717) is 33.8 Å². The molecule has 7 nitrogen and oxygen atoms in total. The van der Waals surface area contributed by atoms with Crippen molar-refractivity contribution in [3.8, 4) is 34.0 Å². The minimum atomic E-state index is -0.305. The molecule has 2 N–H and O–H groups in total. The van der Waals surface area contributed by atoms with Crippen LogP contribution < -0.4 is 0 Å². The zero-order chi connectivity index (χ0) is 22.5. The number of aryl methyl sites for hydroxylation is 2. The lowest BCUT2D eigenvalue weighted by molar-refractivity contribution is 0.627. The standard InChI is InChI=1S/C25H18FN7/c1-13-9-15(11-16(26)10-13)21-22-19(6-8-28-21)30-25(31-22)24-23-20(32-33-24)4-3-18(29-23)17-12-27-7-5-14(17)2/h3-12H,1-2H3,(H,30,31)(H,32,33). The number of H-pyrrole nitrogens is 2. The van der Waals surface area contributed by atoms with Gasteiger partial charge in [-0.1, -0.05) is 0 Å². The van der Waals surface area contributed by atoms with E-state index >= 15 is 0 Å². The molecule has 0 amide bonds. The van der Waals surface area contributed by atoms with Crippen molar-refractivity contribution in [2.45, 2.75) is 13.8 Å². The third-order valence-corrected chi connectivity index (χ3v) is 5.66. The van der Waals surface area contributed by atoms with Gasteiger partial charge in [0.2, 0.25) is 0 Å². The van der Waals surface area contributed by atoms with E-state index < -0.39 is 0 Å². The molecular weight excluding hydrogens is 417 g/mol. The number of halogens is 1. The number of aromatic nitrogens is 7. The zero-order valence-corrected chi connectivity index (χ0v) is 17.9. The van der Waals surface area contributed by atoms with Gasteiger partial charge in [-0.2, -0.15) is 5.10 Å². The summed E-state index contributed by atoms with van der Waals surface area (Å²) in [7, 11) is 0. The van der Waals surface area contributed by atoms with Crippen molar-refractivity contribution >= 4 is 22.1 Å². The number of fused-ring (bicyclic) bond motifs is 2. The highest BCUT2D eigenvalue weighted by Gasteiger charge is 2.18. The Morgan fingerprint density at radius 1 is 0.848 bits per heavy atom. The largest absolute Gasteiger partial charge is 0.336 e. The molecule has 0 aliphatic rings. The topological polar surface area (TPSA) is 96.0 Å². The van der Waals surface area contributed by atoms with Crippen LogP contribution in [0.3, 0.4) is 0 Å². The van der Waals surface area contributed by atoms with E-state index in [4.69, 9.17) is 9.97 Å². The monoisotopic (exact) mass is 435 g/mol. The quantitative estimate of drug-likeness (QED) is 0.389. The minimum Gasteiger partial charge on any atom is -0.336 e. The second-order valence-corrected chi connectivity index (χ2v) is 8.01. The van der Waals surface area contributed by atoms with Crippen LogP contribution in [0.4, 0.5) is 4.39 Å². The summed E-state index contributed by atoms with van der Waals surface area (Å²) in [5.41, 5.74) is 8.50. The lowest BCUT2D eigenvalue weighted by Crippen LogP contribution is -1.90. The van der Waals surface area contributed by atoms with Gasteiger partial charge in [0, 0.05) is 29.7 Å². The number of aromatic amines is 2. The summed E-state index contributed by atoms with van der Waals surface area (Å²) >= 11 is 0. The van der Waals surface area contributed by atoms with E-state index in [0.717, 1.165) is 33.4 Å². The van der Waals surface area contributed by atoms with Gasteiger partial charge in [-0.15, -0.1) is 0 Å². The summed E-state index contributed by atoms with van der Waals surface area (Å²) in [6.45, 7) is 3.88. The molecule has 0 spiro atoms. The Morgan fingerprint density at radius 2 is 1.73 bits per heavy atom. The molecule has 0 saturated carbocycles. The van der Waals surface area contributed by atoms with Crippen LogP contribution in [0.2, 0.25) is 0 Å². The minimum absolute atomic E-state index is 0.305. The lowest BCUT2D eigenvalue weighted by Gasteiger charge is -2.04. The van der Waals surface area contributed by atoms with Crippen LogP contribution in [-0.2, 0) is 0 Å². The van der Waals surface area contributed by atoms with Crippen molar-refractivity contribution < 1.29 is 4.39 Å². The predicted octanol–water partition coefficient (Wildman–Crippen LogP) is 5.38. The molecule has 1 aromatic carbocycles. The van der Waals surface area contributed by atoms with Crippen molar-refractivity contribution in [2.75, 3.05) is 0 Å². The first-order chi connectivity index (χ1) is 16.1. The maximum atomic E-state index is 14.0. The van der Waals surface area contributed by atoms with Crippen LogP contribution in [0.5, 0.6) is 0 Å². The average molecular weight is 435 g/mol. The van der Waals surface area contributed by atoms with Gasteiger partial charge in [-0.3, -0.25) is 15.1 Å². The zero-order valence-electron chi connectivity index (χ0n) is 17.9.